The summed E-state index contributed by atoms with van der Waals surface area (Å²) in [4.78, 5) is 13.9. The quantitative estimate of drug-likeness (QED) is 0.867. The average molecular weight is 250 g/mol. The lowest BCUT2D eigenvalue weighted by Crippen LogP contribution is -2.46. The molecule has 1 amide bonds. The number of halogens is 1. The molecule has 3 nitrogen and oxygen atoms in total. The normalized spacial score (nSPS) is 19.9. The molecule has 0 radical (unpaired) electrons. The third-order valence-electron chi connectivity index (χ3n) is 3.46. The molecule has 1 aromatic rings. The number of amides is 1. The molecule has 1 saturated heterocycles. The van der Waals surface area contributed by atoms with Gasteiger partial charge in [0.25, 0.3) is 0 Å². The van der Waals surface area contributed by atoms with Crippen LogP contribution in [0.15, 0.2) is 18.2 Å². The van der Waals surface area contributed by atoms with Gasteiger partial charge in [-0.2, -0.15) is 0 Å². The van der Waals surface area contributed by atoms with Crippen molar-refractivity contribution in [1.29, 1.82) is 0 Å². The molecular weight excluding hydrogens is 231 g/mol. The van der Waals surface area contributed by atoms with Crippen LogP contribution < -0.4 is 5.73 Å². The van der Waals surface area contributed by atoms with Crippen LogP contribution >= 0.6 is 0 Å². The lowest BCUT2D eigenvalue weighted by molar-refractivity contribution is -0.131. The van der Waals surface area contributed by atoms with E-state index >= 15 is 0 Å². The molecule has 1 aliphatic rings. The number of benzene rings is 1. The Labute approximate surface area is 107 Å². The first-order valence-corrected chi connectivity index (χ1v) is 6.34. The highest BCUT2D eigenvalue weighted by Gasteiger charge is 2.21. The van der Waals surface area contributed by atoms with E-state index in [0.29, 0.717) is 6.54 Å². The number of hydrogen-bond donors (Lipinski definition) is 1. The number of hydrogen-bond acceptors (Lipinski definition) is 2. The Morgan fingerprint density at radius 2 is 2.33 bits per heavy atom. The van der Waals surface area contributed by atoms with Crippen LogP contribution in [-0.4, -0.2) is 29.9 Å². The summed E-state index contributed by atoms with van der Waals surface area (Å²) in [5.74, 6) is -0.252. The summed E-state index contributed by atoms with van der Waals surface area (Å²) in [5, 5.41) is 0. The van der Waals surface area contributed by atoms with Crippen molar-refractivity contribution >= 4 is 5.91 Å². The predicted octanol–water partition coefficient (Wildman–Crippen LogP) is 1.63. The summed E-state index contributed by atoms with van der Waals surface area (Å²) < 4.78 is 13.2. The van der Waals surface area contributed by atoms with Crippen LogP contribution in [0.25, 0.3) is 0 Å². The molecule has 0 bridgehead atoms. The molecule has 1 aliphatic heterocycles. The van der Waals surface area contributed by atoms with Crippen LogP contribution in [0.2, 0.25) is 0 Å². The van der Waals surface area contributed by atoms with Crippen LogP contribution in [0.4, 0.5) is 4.39 Å². The standard InChI is InChI=1S/C14H19FN2O/c1-10-4-5-12(15)7-11(10)8-14(18)17-6-2-3-13(16)9-17/h4-5,7,13H,2-3,6,8-9,16H2,1H3/t13-/m1/s1. The zero-order valence-corrected chi connectivity index (χ0v) is 10.7. The van der Waals surface area contributed by atoms with E-state index in [1.165, 1.54) is 12.1 Å². The Morgan fingerprint density at radius 3 is 3.06 bits per heavy atom. The molecule has 0 aromatic heterocycles. The summed E-state index contributed by atoms with van der Waals surface area (Å²) >= 11 is 0. The Kier molecular flexibility index (Phi) is 3.97. The molecule has 2 rings (SSSR count). The van der Waals surface area contributed by atoms with Gasteiger partial charge in [-0.1, -0.05) is 6.07 Å². The summed E-state index contributed by atoms with van der Waals surface area (Å²) in [6.45, 7) is 3.28. The summed E-state index contributed by atoms with van der Waals surface area (Å²) in [7, 11) is 0. The first-order valence-electron chi connectivity index (χ1n) is 6.34. The first kappa shape index (κ1) is 13.0. The molecule has 0 unspecified atom stereocenters. The van der Waals surface area contributed by atoms with Crippen molar-refractivity contribution < 1.29 is 9.18 Å². The Bertz CT molecular complexity index is 447. The van der Waals surface area contributed by atoms with E-state index in [4.69, 9.17) is 5.73 Å². The van der Waals surface area contributed by atoms with Crippen molar-refractivity contribution in [2.75, 3.05) is 13.1 Å². The van der Waals surface area contributed by atoms with Gasteiger partial charge >= 0.3 is 0 Å². The Hall–Kier alpha value is -1.42. The van der Waals surface area contributed by atoms with Gasteiger partial charge in [0, 0.05) is 19.1 Å². The number of rotatable bonds is 2. The molecule has 0 saturated carbocycles. The molecule has 1 heterocycles. The van der Waals surface area contributed by atoms with E-state index in [0.717, 1.165) is 30.5 Å². The monoisotopic (exact) mass is 250 g/mol. The van der Waals surface area contributed by atoms with Gasteiger partial charge < -0.3 is 10.6 Å². The second kappa shape index (κ2) is 5.48. The molecule has 4 heteroatoms. The van der Waals surface area contributed by atoms with Gasteiger partial charge in [-0.05, 0) is 43.0 Å². The molecule has 98 valence electrons. The molecule has 18 heavy (non-hydrogen) atoms. The molecule has 1 fully saturated rings. The van der Waals surface area contributed by atoms with Crippen LogP contribution in [0.1, 0.15) is 24.0 Å². The number of nitrogens with zero attached hydrogens (tertiary/aromatic N) is 1. The molecule has 2 N–H and O–H groups in total. The summed E-state index contributed by atoms with van der Waals surface area (Å²) in [6, 6.07) is 4.65. The fourth-order valence-corrected chi connectivity index (χ4v) is 2.34. The maximum absolute atomic E-state index is 13.2. The summed E-state index contributed by atoms with van der Waals surface area (Å²) in [6.07, 6.45) is 2.19. The van der Waals surface area contributed by atoms with Crippen molar-refractivity contribution in [2.45, 2.75) is 32.2 Å². The van der Waals surface area contributed by atoms with E-state index in [9.17, 15) is 9.18 Å². The topological polar surface area (TPSA) is 46.3 Å². The number of likely N-dealkylation sites (tertiary alicyclic amines) is 1. The van der Waals surface area contributed by atoms with E-state index in [1.807, 2.05) is 6.92 Å². The third-order valence-corrected chi connectivity index (χ3v) is 3.46. The first-order chi connectivity index (χ1) is 8.56. The van der Waals surface area contributed by atoms with Crippen molar-refractivity contribution in [2.24, 2.45) is 5.73 Å². The van der Waals surface area contributed by atoms with Gasteiger partial charge in [0.05, 0.1) is 6.42 Å². The molecular formula is C14H19FN2O. The Morgan fingerprint density at radius 1 is 1.56 bits per heavy atom. The van der Waals surface area contributed by atoms with Gasteiger partial charge in [-0.3, -0.25) is 4.79 Å². The highest BCUT2D eigenvalue weighted by molar-refractivity contribution is 5.79. The van der Waals surface area contributed by atoms with Crippen LogP contribution in [0.3, 0.4) is 0 Å². The molecule has 1 atom stereocenters. The largest absolute Gasteiger partial charge is 0.341 e. The van der Waals surface area contributed by atoms with Gasteiger partial charge in [0.2, 0.25) is 5.91 Å². The van der Waals surface area contributed by atoms with Gasteiger partial charge in [-0.25, -0.2) is 4.39 Å². The average Bonchev–Trinajstić information content (AvgIpc) is 2.34. The molecule has 0 spiro atoms. The van der Waals surface area contributed by atoms with Crippen molar-refractivity contribution in [3.8, 4) is 0 Å². The summed E-state index contributed by atoms with van der Waals surface area (Å²) in [5.41, 5.74) is 7.57. The zero-order chi connectivity index (χ0) is 13.1. The maximum Gasteiger partial charge on any atom is 0.227 e. The van der Waals surface area contributed by atoms with Crippen molar-refractivity contribution in [3.05, 3.63) is 35.1 Å². The van der Waals surface area contributed by atoms with Gasteiger partial charge in [0.15, 0.2) is 0 Å². The van der Waals surface area contributed by atoms with E-state index < -0.39 is 0 Å². The highest BCUT2D eigenvalue weighted by atomic mass is 19.1. The van der Waals surface area contributed by atoms with Crippen LogP contribution in [-0.2, 0) is 11.2 Å². The number of piperidine rings is 1. The smallest absolute Gasteiger partial charge is 0.227 e. The fraction of sp³-hybridized carbons (Fsp3) is 0.500. The molecule has 1 aromatic carbocycles. The number of carbonyl (C=O) groups is 1. The zero-order valence-electron chi connectivity index (χ0n) is 10.7. The second-order valence-corrected chi connectivity index (χ2v) is 4.99. The minimum Gasteiger partial charge on any atom is -0.341 e. The van der Waals surface area contributed by atoms with Gasteiger partial charge in [-0.15, -0.1) is 0 Å². The van der Waals surface area contributed by atoms with Crippen LogP contribution in [0.5, 0.6) is 0 Å². The van der Waals surface area contributed by atoms with Crippen LogP contribution in [0, 0.1) is 12.7 Å². The maximum atomic E-state index is 13.2. The Balaban J connectivity index is 2.04. The minimum absolute atomic E-state index is 0.0406. The van der Waals surface area contributed by atoms with Gasteiger partial charge in [0.1, 0.15) is 5.82 Å². The molecule has 0 aliphatic carbocycles. The SMILES string of the molecule is Cc1ccc(F)cc1CC(=O)N1CCC[C@@H](N)C1. The van der Waals surface area contributed by atoms with E-state index in [-0.39, 0.29) is 24.2 Å². The van der Waals surface area contributed by atoms with Crippen molar-refractivity contribution in [3.63, 3.8) is 0 Å². The number of aryl methyl sites for hydroxylation is 1. The van der Waals surface area contributed by atoms with E-state index in [1.54, 1.807) is 11.0 Å². The lowest BCUT2D eigenvalue weighted by Gasteiger charge is -2.31. The third kappa shape index (κ3) is 3.07. The van der Waals surface area contributed by atoms with E-state index in [2.05, 4.69) is 0 Å². The lowest BCUT2D eigenvalue weighted by atomic mass is 10.0. The fourth-order valence-electron chi connectivity index (χ4n) is 2.34. The predicted molar refractivity (Wildman–Crippen MR) is 68.6 cm³/mol. The highest BCUT2D eigenvalue weighted by Crippen LogP contribution is 2.14. The number of nitrogens with two attached hydrogens (primary N) is 1. The second-order valence-electron chi connectivity index (χ2n) is 4.99. The minimum atomic E-state index is -0.293. The number of carbonyl (C=O) groups excluding carboxylic acids is 1. The van der Waals surface area contributed by atoms with Crippen molar-refractivity contribution in [1.82, 2.24) is 4.90 Å².